The van der Waals surface area contributed by atoms with Crippen molar-refractivity contribution < 1.29 is 27.1 Å². The summed E-state index contributed by atoms with van der Waals surface area (Å²) in [7, 11) is -3.47. The summed E-state index contributed by atoms with van der Waals surface area (Å²) in [6, 6.07) is 15.0. The second-order valence-corrected chi connectivity index (χ2v) is 8.35. The number of carbonyl (C=O) groups is 1. The molecule has 1 aliphatic rings. The summed E-state index contributed by atoms with van der Waals surface area (Å²) in [5.74, 6) is 0.438. The topological polar surface area (TPSA) is 121 Å². The fraction of sp³-hybridized carbons (Fsp3) is 0.211. The van der Waals surface area contributed by atoms with Crippen molar-refractivity contribution >= 4 is 21.8 Å². The van der Waals surface area contributed by atoms with Gasteiger partial charge in [0.2, 0.25) is 12.0 Å². The normalized spacial score (nSPS) is 15.7. The number of sulfone groups is 1. The number of nitrogens with zero attached hydrogens (tertiary/aromatic N) is 2. The number of amides is 1. The van der Waals surface area contributed by atoms with Gasteiger partial charge >= 0.3 is 6.01 Å². The molecule has 3 aromatic rings. The van der Waals surface area contributed by atoms with Crippen LogP contribution in [0.25, 0.3) is 0 Å². The fourth-order valence-corrected chi connectivity index (χ4v) is 3.96. The Morgan fingerprint density at radius 1 is 1.03 bits per heavy atom. The summed E-state index contributed by atoms with van der Waals surface area (Å²) in [4.78, 5) is 12.6. The van der Waals surface area contributed by atoms with Crippen LogP contribution in [-0.2, 0) is 21.1 Å². The number of fused-ring (bicyclic) bond motifs is 1. The third kappa shape index (κ3) is 4.37. The van der Waals surface area contributed by atoms with Gasteiger partial charge in [0.05, 0.1) is 10.6 Å². The van der Waals surface area contributed by atoms with Crippen LogP contribution >= 0.6 is 0 Å². The largest absolute Gasteiger partial charge is 0.485 e. The molecule has 2 heterocycles. The number of benzene rings is 2. The first-order valence-electron chi connectivity index (χ1n) is 8.81. The zero-order valence-electron chi connectivity index (χ0n) is 15.1. The van der Waals surface area contributed by atoms with Gasteiger partial charge < -0.3 is 13.9 Å². The molecule has 1 atom stereocenters. The number of para-hydroxylation sites is 2. The lowest BCUT2D eigenvalue weighted by Crippen LogP contribution is -2.40. The van der Waals surface area contributed by atoms with Gasteiger partial charge in [-0.2, -0.15) is 0 Å². The molecule has 0 spiro atoms. The molecule has 1 N–H and O–H groups in total. The Morgan fingerprint density at radius 2 is 1.76 bits per heavy atom. The third-order valence-corrected chi connectivity index (χ3v) is 5.92. The van der Waals surface area contributed by atoms with Crippen LogP contribution in [0.1, 0.15) is 5.89 Å². The standard InChI is InChI=1S/C19H17N3O6S/c23-18(16-12-26-14-8-4-5-9-15(14)27-16)20-19-22-21-17(28-19)10-11-29(24,25)13-6-2-1-3-7-13/h1-9,16H,10-12H2,(H,20,22,23)/t16-/m1/s1. The Bertz CT molecular complexity index is 1110. The molecule has 2 aromatic carbocycles. The number of carbonyl (C=O) groups excluding carboxylic acids is 1. The van der Waals surface area contributed by atoms with E-state index < -0.39 is 21.8 Å². The molecule has 0 saturated carbocycles. The first kappa shape index (κ1) is 18.9. The van der Waals surface area contributed by atoms with Crippen molar-refractivity contribution in [1.29, 1.82) is 0 Å². The number of ether oxygens (including phenoxy) is 2. The predicted molar refractivity (Wildman–Crippen MR) is 101 cm³/mol. The molecule has 1 aliphatic heterocycles. The van der Waals surface area contributed by atoms with E-state index in [0.717, 1.165) is 0 Å². The molecule has 0 unspecified atom stereocenters. The molecule has 0 aliphatic carbocycles. The van der Waals surface area contributed by atoms with Gasteiger partial charge in [0.15, 0.2) is 21.3 Å². The second kappa shape index (κ2) is 7.92. The van der Waals surface area contributed by atoms with E-state index in [1.54, 1.807) is 42.5 Å². The van der Waals surface area contributed by atoms with Crippen molar-refractivity contribution in [3.8, 4) is 11.5 Å². The van der Waals surface area contributed by atoms with E-state index in [4.69, 9.17) is 13.9 Å². The molecule has 1 aromatic heterocycles. The van der Waals surface area contributed by atoms with Crippen LogP contribution in [0.3, 0.4) is 0 Å². The van der Waals surface area contributed by atoms with Crippen LogP contribution in [0.15, 0.2) is 63.9 Å². The lowest BCUT2D eigenvalue weighted by atomic mass is 10.2. The highest BCUT2D eigenvalue weighted by molar-refractivity contribution is 7.91. The van der Waals surface area contributed by atoms with Crippen molar-refractivity contribution in [3.05, 3.63) is 60.5 Å². The van der Waals surface area contributed by atoms with Crippen LogP contribution in [0.2, 0.25) is 0 Å². The molecular formula is C19H17N3O6S. The number of hydrogen-bond acceptors (Lipinski definition) is 8. The van der Waals surface area contributed by atoms with Crippen molar-refractivity contribution in [2.75, 3.05) is 17.7 Å². The highest BCUT2D eigenvalue weighted by Crippen LogP contribution is 2.31. The molecular weight excluding hydrogens is 398 g/mol. The monoisotopic (exact) mass is 415 g/mol. The second-order valence-electron chi connectivity index (χ2n) is 6.24. The Kier molecular flexibility index (Phi) is 5.17. The van der Waals surface area contributed by atoms with Gasteiger partial charge in [-0.25, -0.2) is 8.42 Å². The lowest BCUT2D eigenvalue weighted by Gasteiger charge is -2.24. The van der Waals surface area contributed by atoms with Crippen molar-refractivity contribution in [2.45, 2.75) is 17.4 Å². The summed E-state index contributed by atoms with van der Waals surface area (Å²) in [5, 5.41) is 9.97. The number of nitrogens with one attached hydrogen (secondary N) is 1. The smallest absolute Gasteiger partial charge is 0.322 e. The van der Waals surface area contributed by atoms with Gasteiger partial charge in [-0.1, -0.05) is 35.4 Å². The maximum absolute atomic E-state index is 12.3. The predicted octanol–water partition coefficient (Wildman–Crippen LogP) is 1.86. The summed E-state index contributed by atoms with van der Waals surface area (Å²) in [6.07, 6.45) is -0.852. The van der Waals surface area contributed by atoms with Crippen molar-refractivity contribution in [3.63, 3.8) is 0 Å². The van der Waals surface area contributed by atoms with Gasteiger partial charge in [0.1, 0.15) is 6.61 Å². The van der Waals surface area contributed by atoms with Crippen molar-refractivity contribution in [2.24, 2.45) is 0 Å². The van der Waals surface area contributed by atoms with Crippen LogP contribution < -0.4 is 14.8 Å². The molecule has 0 radical (unpaired) electrons. The third-order valence-electron chi connectivity index (χ3n) is 4.18. The molecule has 9 nitrogen and oxygen atoms in total. The van der Waals surface area contributed by atoms with Crippen LogP contribution in [-0.4, -0.2) is 43.0 Å². The van der Waals surface area contributed by atoms with E-state index in [-0.39, 0.29) is 35.6 Å². The number of anilines is 1. The van der Waals surface area contributed by atoms with E-state index in [2.05, 4.69) is 15.5 Å². The number of hydrogen-bond donors (Lipinski definition) is 1. The minimum atomic E-state index is -3.47. The van der Waals surface area contributed by atoms with E-state index in [0.29, 0.717) is 11.5 Å². The Morgan fingerprint density at radius 3 is 2.55 bits per heavy atom. The van der Waals surface area contributed by atoms with Gasteiger partial charge in [-0.15, -0.1) is 5.10 Å². The minimum absolute atomic E-state index is 0.0243. The molecule has 1 amide bonds. The zero-order valence-corrected chi connectivity index (χ0v) is 16.0. The fourth-order valence-electron chi connectivity index (χ4n) is 2.71. The maximum Gasteiger partial charge on any atom is 0.322 e. The van der Waals surface area contributed by atoms with Crippen LogP contribution in [0.4, 0.5) is 6.01 Å². The highest BCUT2D eigenvalue weighted by Gasteiger charge is 2.28. The Balaban J connectivity index is 1.34. The van der Waals surface area contributed by atoms with E-state index in [1.165, 1.54) is 12.1 Å². The average molecular weight is 415 g/mol. The highest BCUT2D eigenvalue weighted by atomic mass is 32.2. The molecule has 0 saturated heterocycles. The summed E-state index contributed by atoms with van der Waals surface area (Å²) < 4.78 is 41.1. The quantitative estimate of drug-likeness (QED) is 0.648. The van der Waals surface area contributed by atoms with Gasteiger partial charge in [0, 0.05) is 6.42 Å². The van der Waals surface area contributed by atoms with Gasteiger partial charge in [-0.3, -0.25) is 10.1 Å². The Labute approximate surface area is 166 Å². The molecule has 0 fully saturated rings. The summed E-state index contributed by atoms with van der Waals surface area (Å²) in [6.45, 7) is 0.0408. The van der Waals surface area contributed by atoms with E-state index in [1.807, 2.05) is 0 Å². The minimum Gasteiger partial charge on any atom is -0.485 e. The van der Waals surface area contributed by atoms with E-state index >= 15 is 0 Å². The summed E-state index contributed by atoms with van der Waals surface area (Å²) >= 11 is 0. The van der Waals surface area contributed by atoms with Gasteiger partial charge in [0.25, 0.3) is 5.91 Å². The number of aromatic nitrogens is 2. The molecule has 10 heteroatoms. The maximum atomic E-state index is 12.3. The number of rotatable bonds is 6. The first-order chi connectivity index (χ1) is 14.0. The van der Waals surface area contributed by atoms with Crippen LogP contribution in [0.5, 0.6) is 11.5 Å². The first-order valence-corrected chi connectivity index (χ1v) is 10.5. The van der Waals surface area contributed by atoms with Crippen LogP contribution in [0, 0.1) is 0 Å². The average Bonchev–Trinajstić information content (AvgIpc) is 3.20. The van der Waals surface area contributed by atoms with Gasteiger partial charge in [-0.05, 0) is 24.3 Å². The summed E-state index contributed by atoms with van der Waals surface area (Å²) in [5.41, 5.74) is 0. The lowest BCUT2D eigenvalue weighted by molar-refractivity contribution is -0.125. The molecule has 29 heavy (non-hydrogen) atoms. The SMILES string of the molecule is O=C(Nc1nnc(CCS(=O)(=O)c2ccccc2)o1)[C@H]1COc2ccccc2O1. The van der Waals surface area contributed by atoms with Crippen molar-refractivity contribution in [1.82, 2.24) is 10.2 Å². The zero-order chi connectivity index (χ0) is 20.3. The Hall–Kier alpha value is -3.40. The number of aryl methyl sites for hydroxylation is 1. The molecule has 4 rings (SSSR count). The molecule has 150 valence electrons. The molecule has 0 bridgehead atoms. The van der Waals surface area contributed by atoms with E-state index in [9.17, 15) is 13.2 Å².